The number of hydrogen-bond acceptors (Lipinski definition) is 4. The average Bonchev–Trinajstić information content (AvgIpc) is 3.10. The molecule has 0 saturated heterocycles. The lowest BCUT2D eigenvalue weighted by Crippen LogP contribution is -2.29. The third kappa shape index (κ3) is 3.31. The Morgan fingerprint density at radius 1 is 1.08 bits per heavy atom. The van der Waals surface area contributed by atoms with Crippen molar-refractivity contribution in [2.45, 2.75) is 45.1 Å². The molecular formula is C20H22N2O3. The summed E-state index contributed by atoms with van der Waals surface area (Å²) in [6.45, 7) is 2.22. The first-order valence-corrected chi connectivity index (χ1v) is 8.88. The van der Waals surface area contributed by atoms with Gasteiger partial charge in [-0.25, -0.2) is 0 Å². The van der Waals surface area contributed by atoms with Gasteiger partial charge in [-0.1, -0.05) is 19.3 Å². The molecule has 0 amide bonds. The Bertz CT molecular complexity index is 863. The van der Waals surface area contributed by atoms with E-state index in [1.807, 2.05) is 25.3 Å². The normalized spacial score (nSPS) is 17.7. The summed E-state index contributed by atoms with van der Waals surface area (Å²) < 4.78 is 12.3. The molecule has 4 rings (SSSR count). The van der Waals surface area contributed by atoms with Crippen molar-refractivity contribution in [2.75, 3.05) is 6.79 Å². The Morgan fingerprint density at radius 2 is 1.88 bits per heavy atom. The Morgan fingerprint density at radius 3 is 2.72 bits per heavy atom. The summed E-state index contributed by atoms with van der Waals surface area (Å²) in [5.41, 5.74) is 2.40. The van der Waals surface area contributed by atoms with Crippen molar-refractivity contribution in [1.29, 1.82) is 0 Å². The predicted octanol–water partition coefficient (Wildman–Crippen LogP) is 3.45. The Kier molecular flexibility index (Phi) is 4.30. The third-order valence-electron chi connectivity index (χ3n) is 4.82. The van der Waals surface area contributed by atoms with Crippen LogP contribution in [0, 0.1) is 6.92 Å². The summed E-state index contributed by atoms with van der Waals surface area (Å²) in [4.78, 5) is 17.9. The molecule has 2 aliphatic rings. The van der Waals surface area contributed by atoms with Gasteiger partial charge in [-0.05, 0) is 55.7 Å². The van der Waals surface area contributed by atoms with E-state index in [9.17, 15) is 4.79 Å². The van der Waals surface area contributed by atoms with Crippen molar-refractivity contribution in [3.63, 3.8) is 0 Å². The molecule has 0 spiro atoms. The molecule has 0 unspecified atom stereocenters. The molecule has 2 heterocycles. The van der Waals surface area contributed by atoms with Crippen molar-refractivity contribution in [2.24, 2.45) is 4.99 Å². The number of aryl methyl sites for hydroxylation is 1. The number of pyridine rings is 1. The van der Waals surface area contributed by atoms with E-state index >= 15 is 0 Å². The van der Waals surface area contributed by atoms with Gasteiger partial charge in [-0.15, -0.1) is 0 Å². The predicted molar refractivity (Wildman–Crippen MR) is 93.9 cm³/mol. The number of carbonyl (C=O) groups is 1. The summed E-state index contributed by atoms with van der Waals surface area (Å²) in [7, 11) is 0. The standard InChI is InChI=1S/C20H22N2O3/c1-14-9-10-22(19(11-14)21-16-5-3-2-4-6-16)20(23)15-7-8-17-18(12-15)25-13-24-17/h7-12,16H,2-6,13H2,1H3. The van der Waals surface area contributed by atoms with E-state index in [-0.39, 0.29) is 12.7 Å². The summed E-state index contributed by atoms with van der Waals surface area (Å²) in [6, 6.07) is 9.52. The van der Waals surface area contributed by atoms with E-state index in [2.05, 4.69) is 0 Å². The van der Waals surface area contributed by atoms with Gasteiger partial charge in [0.15, 0.2) is 11.5 Å². The molecule has 1 aromatic heterocycles. The van der Waals surface area contributed by atoms with Crippen LogP contribution in [0.1, 0.15) is 48.0 Å². The second kappa shape index (κ2) is 6.75. The second-order valence-electron chi connectivity index (χ2n) is 6.73. The number of fused-ring (bicyclic) bond motifs is 1. The van der Waals surface area contributed by atoms with Crippen LogP contribution in [0.2, 0.25) is 0 Å². The highest BCUT2D eigenvalue weighted by Crippen LogP contribution is 2.32. The molecule has 0 N–H and O–H groups in total. The fourth-order valence-corrected chi connectivity index (χ4v) is 3.43. The van der Waals surface area contributed by atoms with Crippen LogP contribution < -0.4 is 15.0 Å². The highest BCUT2D eigenvalue weighted by molar-refractivity contribution is 5.96. The molecule has 1 aromatic carbocycles. The molecule has 0 radical (unpaired) electrons. The Labute approximate surface area is 146 Å². The van der Waals surface area contributed by atoms with E-state index < -0.39 is 0 Å². The van der Waals surface area contributed by atoms with E-state index in [4.69, 9.17) is 14.5 Å². The third-order valence-corrected chi connectivity index (χ3v) is 4.82. The summed E-state index contributed by atoms with van der Waals surface area (Å²) >= 11 is 0. The van der Waals surface area contributed by atoms with E-state index in [1.54, 1.807) is 22.8 Å². The molecule has 5 heteroatoms. The van der Waals surface area contributed by atoms with E-state index in [1.165, 1.54) is 19.3 Å². The minimum absolute atomic E-state index is 0.104. The molecule has 1 fully saturated rings. The van der Waals surface area contributed by atoms with Gasteiger partial charge in [-0.2, -0.15) is 0 Å². The number of rotatable bonds is 2. The molecule has 25 heavy (non-hydrogen) atoms. The number of carbonyl (C=O) groups excluding carboxylic acids is 1. The van der Waals surface area contributed by atoms with E-state index in [0.717, 1.165) is 23.9 Å². The number of benzene rings is 1. The van der Waals surface area contributed by atoms with Crippen LogP contribution in [-0.4, -0.2) is 23.3 Å². The average molecular weight is 338 g/mol. The van der Waals surface area contributed by atoms with E-state index in [0.29, 0.717) is 23.1 Å². The molecule has 0 atom stereocenters. The largest absolute Gasteiger partial charge is 0.454 e. The fraction of sp³-hybridized carbons (Fsp3) is 0.400. The van der Waals surface area contributed by atoms with Crippen LogP contribution >= 0.6 is 0 Å². The molecule has 0 bridgehead atoms. The van der Waals surface area contributed by atoms with Crippen LogP contribution in [0.3, 0.4) is 0 Å². The van der Waals surface area contributed by atoms with Gasteiger partial charge in [0.05, 0.1) is 6.04 Å². The molecular weight excluding hydrogens is 316 g/mol. The fourth-order valence-electron chi connectivity index (χ4n) is 3.43. The molecule has 1 aliphatic carbocycles. The van der Waals surface area contributed by atoms with Crippen LogP contribution in [0.5, 0.6) is 11.5 Å². The lowest BCUT2D eigenvalue weighted by Gasteiger charge is -2.18. The first-order valence-electron chi connectivity index (χ1n) is 8.88. The van der Waals surface area contributed by atoms with Crippen LogP contribution in [0.15, 0.2) is 41.5 Å². The number of ether oxygens (including phenoxy) is 2. The monoisotopic (exact) mass is 338 g/mol. The Hall–Kier alpha value is -2.56. The number of nitrogens with zero attached hydrogens (tertiary/aromatic N) is 2. The zero-order chi connectivity index (χ0) is 17.2. The quantitative estimate of drug-likeness (QED) is 0.843. The summed E-state index contributed by atoms with van der Waals surface area (Å²) in [5, 5.41) is 0. The SMILES string of the molecule is Cc1ccn(C(=O)c2ccc3c(c2)OCO3)c(=NC2CCCCC2)c1. The van der Waals surface area contributed by atoms with Crippen molar-refractivity contribution >= 4 is 5.91 Å². The van der Waals surface area contributed by atoms with Crippen LogP contribution in [0.4, 0.5) is 0 Å². The first-order chi connectivity index (χ1) is 12.2. The number of hydrogen-bond donors (Lipinski definition) is 0. The summed E-state index contributed by atoms with van der Waals surface area (Å²) in [5.74, 6) is 1.19. The maximum Gasteiger partial charge on any atom is 0.263 e. The molecule has 5 nitrogen and oxygen atoms in total. The maximum atomic E-state index is 13.0. The van der Waals surface area contributed by atoms with Gasteiger partial charge in [0.25, 0.3) is 5.91 Å². The first kappa shape index (κ1) is 15.9. The minimum atomic E-state index is -0.104. The minimum Gasteiger partial charge on any atom is -0.454 e. The highest BCUT2D eigenvalue weighted by atomic mass is 16.7. The molecule has 1 aliphatic heterocycles. The van der Waals surface area contributed by atoms with Crippen LogP contribution in [-0.2, 0) is 0 Å². The lowest BCUT2D eigenvalue weighted by atomic mass is 9.96. The molecule has 2 aromatic rings. The zero-order valence-corrected chi connectivity index (χ0v) is 14.4. The highest BCUT2D eigenvalue weighted by Gasteiger charge is 2.18. The molecule has 130 valence electrons. The maximum absolute atomic E-state index is 13.0. The van der Waals surface area contributed by atoms with Gasteiger partial charge in [0.1, 0.15) is 5.49 Å². The topological polar surface area (TPSA) is 52.8 Å². The lowest BCUT2D eigenvalue weighted by molar-refractivity contribution is 0.0954. The van der Waals surface area contributed by atoms with Gasteiger partial charge < -0.3 is 9.47 Å². The van der Waals surface area contributed by atoms with Crippen molar-refractivity contribution in [3.8, 4) is 11.5 Å². The Balaban J connectivity index is 1.72. The van der Waals surface area contributed by atoms with Crippen molar-refractivity contribution in [3.05, 3.63) is 53.1 Å². The number of aromatic nitrogens is 1. The van der Waals surface area contributed by atoms with Crippen molar-refractivity contribution in [1.82, 2.24) is 4.57 Å². The van der Waals surface area contributed by atoms with Gasteiger partial charge >= 0.3 is 0 Å². The van der Waals surface area contributed by atoms with Crippen LogP contribution in [0.25, 0.3) is 0 Å². The summed E-state index contributed by atoms with van der Waals surface area (Å²) in [6.07, 6.45) is 7.74. The van der Waals surface area contributed by atoms with Gasteiger partial charge in [0, 0.05) is 11.8 Å². The molecule has 1 saturated carbocycles. The van der Waals surface area contributed by atoms with Gasteiger partial charge in [-0.3, -0.25) is 14.4 Å². The van der Waals surface area contributed by atoms with Gasteiger partial charge in [0.2, 0.25) is 6.79 Å². The second-order valence-corrected chi connectivity index (χ2v) is 6.73. The van der Waals surface area contributed by atoms with Crippen molar-refractivity contribution < 1.29 is 14.3 Å². The zero-order valence-electron chi connectivity index (χ0n) is 14.4. The smallest absolute Gasteiger partial charge is 0.263 e.